The molecule has 0 spiro atoms. The Morgan fingerprint density at radius 1 is 1.19 bits per heavy atom. The predicted octanol–water partition coefficient (Wildman–Crippen LogP) is 4.13. The average molecular weight is 291 g/mol. The van der Waals surface area contributed by atoms with E-state index in [2.05, 4.69) is 32.2 Å². The van der Waals surface area contributed by atoms with Gasteiger partial charge < -0.3 is 10.1 Å². The summed E-state index contributed by atoms with van der Waals surface area (Å²) in [5.41, 5.74) is 1.09. The molecule has 0 aromatic carbocycles. The molecule has 0 bridgehead atoms. The van der Waals surface area contributed by atoms with E-state index in [1.807, 2.05) is 0 Å². The first-order valence-electron chi connectivity index (χ1n) is 8.51. The monoisotopic (exact) mass is 291 g/mol. The lowest BCUT2D eigenvalue weighted by Gasteiger charge is -2.29. The van der Waals surface area contributed by atoms with Gasteiger partial charge >= 0.3 is 0 Å². The highest BCUT2D eigenvalue weighted by atomic mass is 16.5. The van der Waals surface area contributed by atoms with E-state index >= 15 is 0 Å². The highest BCUT2D eigenvalue weighted by Crippen LogP contribution is 2.36. The lowest BCUT2D eigenvalue weighted by atomic mass is 9.85. The van der Waals surface area contributed by atoms with Crippen molar-refractivity contribution in [2.24, 2.45) is 5.92 Å². The van der Waals surface area contributed by atoms with Crippen LogP contribution in [-0.4, -0.2) is 23.1 Å². The Bertz CT molecular complexity index is 430. The lowest BCUT2D eigenvalue weighted by molar-refractivity contribution is -0.000222. The normalized spacial score (nSPS) is 17.7. The molecule has 2 rings (SSSR count). The number of hydrogen-bond donors (Lipinski definition) is 1. The van der Waals surface area contributed by atoms with Gasteiger partial charge in [-0.05, 0) is 39.0 Å². The first-order chi connectivity index (χ1) is 10.3. The fourth-order valence-electron chi connectivity index (χ4n) is 3.14. The van der Waals surface area contributed by atoms with Gasteiger partial charge in [-0.25, -0.2) is 9.97 Å². The van der Waals surface area contributed by atoms with E-state index in [9.17, 15) is 0 Å². The van der Waals surface area contributed by atoms with Gasteiger partial charge in [0.1, 0.15) is 11.9 Å². The van der Waals surface area contributed by atoms with Crippen LogP contribution >= 0.6 is 0 Å². The van der Waals surface area contributed by atoms with Gasteiger partial charge in [0.2, 0.25) is 0 Å². The molecular formula is C17H29N3O. The summed E-state index contributed by atoms with van der Waals surface area (Å²) in [6.45, 7) is 7.89. The number of ether oxygens (including phenoxy) is 1. The van der Waals surface area contributed by atoms with Crippen molar-refractivity contribution in [3.8, 4) is 0 Å². The van der Waals surface area contributed by atoms with E-state index in [0.717, 1.165) is 36.9 Å². The van der Waals surface area contributed by atoms with Gasteiger partial charge in [-0.15, -0.1) is 0 Å². The number of nitrogens with one attached hydrogen (secondary N) is 1. The molecule has 118 valence electrons. The molecule has 1 N–H and O–H groups in total. The fourth-order valence-corrected chi connectivity index (χ4v) is 3.14. The van der Waals surface area contributed by atoms with Gasteiger partial charge in [-0.1, -0.05) is 26.2 Å². The SMILES string of the molecule is CCNc1cc(CC)nc(C(OCC)C2CCCCC2)n1. The maximum Gasteiger partial charge on any atom is 0.160 e. The van der Waals surface area contributed by atoms with Gasteiger partial charge in [0.15, 0.2) is 5.82 Å². The molecule has 0 aliphatic heterocycles. The fraction of sp³-hybridized carbons (Fsp3) is 0.765. The largest absolute Gasteiger partial charge is 0.370 e. The number of rotatable bonds is 7. The van der Waals surface area contributed by atoms with E-state index in [1.54, 1.807) is 0 Å². The smallest absolute Gasteiger partial charge is 0.160 e. The molecule has 0 radical (unpaired) electrons. The summed E-state index contributed by atoms with van der Waals surface area (Å²) in [6, 6.07) is 2.05. The average Bonchev–Trinajstić information content (AvgIpc) is 2.53. The summed E-state index contributed by atoms with van der Waals surface area (Å²) in [7, 11) is 0. The molecule has 4 nitrogen and oxygen atoms in total. The zero-order valence-electron chi connectivity index (χ0n) is 13.7. The number of aromatic nitrogens is 2. The van der Waals surface area contributed by atoms with Gasteiger partial charge in [-0.2, -0.15) is 0 Å². The van der Waals surface area contributed by atoms with Crippen LogP contribution in [0.2, 0.25) is 0 Å². The van der Waals surface area contributed by atoms with Crippen molar-refractivity contribution in [1.82, 2.24) is 9.97 Å². The van der Waals surface area contributed by atoms with Crippen LogP contribution in [0.4, 0.5) is 5.82 Å². The molecule has 1 fully saturated rings. The van der Waals surface area contributed by atoms with E-state index in [-0.39, 0.29) is 6.10 Å². The Morgan fingerprint density at radius 3 is 2.57 bits per heavy atom. The molecule has 21 heavy (non-hydrogen) atoms. The topological polar surface area (TPSA) is 47.0 Å². The maximum atomic E-state index is 6.05. The van der Waals surface area contributed by atoms with E-state index in [1.165, 1.54) is 32.1 Å². The molecule has 1 aliphatic carbocycles. The molecular weight excluding hydrogens is 262 g/mol. The standard InChI is InChI=1S/C17H29N3O/c1-4-14-12-15(18-5-2)20-17(19-14)16(21-6-3)13-10-8-7-9-11-13/h12-13,16H,4-11H2,1-3H3,(H,18,19,20). The Hall–Kier alpha value is -1.16. The van der Waals surface area contributed by atoms with Crippen molar-refractivity contribution < 1.29 is 4.74 Å². The van der Waals surface area contributed by atoms with Crippen molar-refractivity contribution >= 4 is 5.82 Å². The minimum absolute atomic E-state index is 0.0548. The molecule has 1 atom stereocenters. The van der Waals surface area contributed by atoms with Crippen molar-refractivity contribution in [3.63, 3.8) is 0 Å². The summed E-state index contributed by atoms with van der Waals surface area (Å²) in [6.07, 6.45) is 7.43. The van der Waals surface area contributed by atoms with Crippen LogP contribution in [0, 0.1) is 5.92 Å². The first-order valence-corrected chi connectivity index (χ1v) is 8.51. The predicted molar refractivity (Wildman–Crippen MR) is 86.5 cm³/mol. The molecule has 1 heterocycles. The summed E-state index contributed by atoms with van der Waals surface area (Å²) in [5, 5.41) is 3.32. The second-order valence-electron chi connectivity index (χ2n) is 5.76. The second-order valence-corrected chi connectivity index (χ2v) is 5.76. The highest BCUT2D eigenvalue weighted by molar-refractivity contribution is 5.36. The summed E-state index contributed by atoms with van der Waals surface area (Å²) in [5.74, 6) is 2.37. The Labute approximate surface area is 128 Å². The van der Waals surface area contributed by atoms with E-state index in [4.69, 9.17) is 14.7 Å². The van der Waals surface area contributed by atoms with E-state index < -0.39 is 0 Å². The Balaban J connectivity index is 2.26. The lowest BCUT2D eigenvalue weighted by Crippen LogP contribution is -2.22. The zero-order valence-corrected chi connectivity index (χ0v) is 13.7. The molecule has 1 aromatic heterocycles. The van der Waals surface area contributed by atoms with Crippen molar-refractivity contribution in [2.75, 3.05) is 18.5 Å². The van der Waals surface area contributed by atoms with Gasteiger partial charge in [-0.3, -0.25) is 0 Å². The third-order valence-corrected chi connectivity index (χ3v) is 4.20. The molecule has 1 unspecified atom stereocenters. The summed E-state index contributed by atoms with van der Waals surface area (Å²) >= 11 is 0. The summed E-state index contributed by atoms with van der Waals surface area (Å²) in [4.78, 5) is 9.47. The zero-order chi connectivity index (χ0) is 15.1. The summed E-state index contributed by atoms with van der Waals surface area (Å²) < 4.78 is 6.05. The van der Waals surface area contributed by atoms with Crippen molar-refractivity contribution in [1.29, 1.82) is 0 Å². The van der Waals surface area contributed by atoms with E-state index in [0.29, 0.717) is 5.92 Å². The van der Waals surface area contributed by atoms with Crippen molar-refractivity contribution in [2.45, 2.75) is 65.4 Å². The van der Waals surface area contributed by atoms with Crippen LogP contribution in [0.15, 0.2) is 6.07 Å². The van der Waals surface area contributed by atoms with Crippen molar-refractivity contribution in [3.05, 3.63) is 17.6 Å². The number of nitrogens with zero attached hydrogens (tertiary/aromatic N) is 2. The van der Waals surface area contributed by atoms with Gasteiger partial charge in [0.05, 0.1) is 0 Å². The third-order valence-electron chi connectivity index (χ3n) is 4.20. The van der Waals surface area contributed by atoms with Crippen LogP contribution in [0.25, 0.3) is 0 Å². The van der Waals surface area contributed by atoms with Crippen LogP contribution in [0.1, 0.15) is 70.5 Å². The van der Waals surface area contributed by atoms with Gasteiger partial charge in [0, 0.05) is 24.9 Å². The minimum Gasteiger partial charge on any atom is -0.370 e. The quantitative estimate of drug-likeness (QED) is 0.820. The molecule has 4 heteroatoms. The molecule has 1 saturated carbocycles. The van der Waals surface area contributed by atoms with Gasteiger partial charge in [0.25, 0.3) is 0 Å². The maximum absolute atomic E-state index is 6.05. The molecule has 1 aliphatic rings. The molecule has 1 aromatic rings. The van der Waals surface area contributed by atoms with Crippen LogP contribution in [-0.2, 0) is 11.2 Å². The highest BCUT2D eigenvalue weighted by Gasteiger charge is 2.28. The number of aryl methyl sites for hydroxylation is 1. The number of hydrogen-bond acceptors (Lipinski definition) is 4. The Morgan fingerprint density at radius 2 is 1.95 bits per heavy atom. The molecule has 0 saturated heterocycles. The second kappa shape index (κ2) is 8.32. The van der Waals surface area contributed by atoms with Crippen LogP contribution in [0.5, 0.6) is 0 Å². The minimum atomic E-state index is 0.0548. The number of anilines is 1. The van der Waals surface area contributed by atoms with Crippen LogP contribution < -0.4 is 5.32 Å². The Kier molecular flexibility index (Phi) is 6.43. The third kappa shape index (κ3) is 4.40. The first kappa shape index (κ1) is 16.2. The van der Waals surface area contributed by atoms with Crippen LogP contribution in [0.3, 0.4) is 0 Å². The molecule has 0 amide bonds.